The summed E-state index contributed by atoms with van der Waals surface area (Å²) in [5, 5.41) is 9.68. The highest BCUT2D eigenvalue weighted by atomic mass is 32.1. The van der Waals surface area contributed by atoms with Crippen molar-refractivity contribution in [1.82, 2.24) is 28.9 Å². The first-order valence-electron chi connectivity index (χ1n) is 8.85. The summed E-state index contributed by atoms with van der Waals surface area (Å²) in [6.45, 7) is 5.75. The van der Waals surface area contributed by atoms with Crippen molar-refractivity contribution in [3.8, 4) is 0 Å². The van der Waals surface area contributed by atoms with Crippen LogP contribution in [0.25, 0.3) is 5.65 Å². The molecule has 0 amide bonds. The van der Waals surface area contributed by atoms with Crippen molar-refractivity contribution in [2.75, 3.05) is 36.0 Å². The van der Waals surface area contributed by atoms with Crippen LogP contribution in [-0.2, 0) is 6.42 Å². The molecule has 0 unspecified atom stereocenters. The molecule has 2 fully saturated rings. The zero-order valence-corrected chi connectivity index (χ0v) is 15.0. The average molecular weight is 356 g/mol. The first kappa shape index (κ1) is 15.0. The smallest absolute Gasteiger partial charge is 0.205 e. The van der Waals surface area contributed by atoms with E-state index < -0.39 is 0 Å². The Labute approximate surface area is 149 Å². The van der Waals surface area contributed by atoms with Crippen molar-refractivity contribution in [2.24, 2.45) is 0 Å². The van der Waals surface area contributed by atoms with E-state index in [4.69, 9.17) is 4.98 Å². The highest BCUT2D eigenvalue weighted by Gasteiger charge is 2.29. The number of fused-ring (bicyclic) bond motifs is 1. The Morgan fingerprint density at radius 1 is 1.12 bits per heavy atom. The molecular formula is C16H20N8S. The molecule has 4 heterocycles. The predicted octanol–water partition coefficient (Wildman–Crippen LogP) is 1.74. The van der Waals surface area contributed by atoms with E-state index in [-0.39, 0.29) is 0 Å². The minimum absolute atomic E-state index is 0.619. The second-order valence-corrected chi connectivity index (χ2v) is 7.33. The molecule has 1 aliphatic carbocycles. The molecule has 9 heteroatoms. The van der Waals surface area contributed by atoms with Gasteiger partial charge in [-0.25, -0.2) is 9.97 Å². The predicted molar refractivity (Wildman–Crippen MR) is 96.5 cm³/mol. The fourth-order valence-corrected chi connectivity index (χ4v) is 4.09. The molecule has 1 saturated heterocycles. The number of anilines is 2. The highest BCUT2D eigenvalue weighted by Crippen LogP contribution is 2.39. The van der Waals surface area contributed by atoms with E-state index in [0.29, 0.717) is 5.92 Å². The van der Waals surface area contributed by atoms with Crippen LogP contribution in [-0.4, -0.2) is 55.1 Å². The molecule has 3 aromatic rings. The lowest BCUT2D eigenvalue weighted by Gasteiger charge is -2.34. The van der Waals surface area contributed by atoms with Crippen LogP contribution in [0.4, 0.5) is 10.9 Å². The van der Waals surface area contributed by atoms with Gasteiger partial charge in [0.25, 0.3) is 0 Å². The standard InChI is InChI=1S/C16H20N8S/c1-2-12-19-20-15-14(17-5-6-24(12)15)22-7-9-23(10-8-22)16-18-13(21-25-16)11-3-4-11/h5-6,11H,2-4,7-10H2,1H3. The van der Waals surface area contributed by atoms with Crippen LogP contribution in [0.15, 0.2) is 12.4 Å². The lowest BCUT2D eigenvalue weighted by molar-refractivity contribution is 0.645. The van der Waals surface area contributed by atoms with Gasteiger partial charge >= 0.3 is 0 Å². The van der Waals surface area contributed by atoms with Crippen molar-refractivity contribution in [1.29, 1.82) is 0 Å². The van der Waals surface area contributed by atoms with Crippen LogP contribution in [0.2, 0.25) is 0 Å². The summed E-state index contributed by atoms with van der Waals surface area (Å²) in [4.78, 5) is 13.9. The van der Waals surface area contributed by atoms with E-state index in [1.165, 1.54) is 24.4 Å². The Balaban J connectivity index is 1.33. The molecule has 25 heavy (non-hydrogen) atoms. The molecule has 0 spiro atoms. The van der Waals surface area contributed by atoms with Gasteiger partial charge in [-0.15, -0.1) is 10.2 Å². The zero-order chi connectivity index (χ0) is 16.8. The molecule has 0 aromatic carbocycles. The van der Waals surface area contributed by atoms with E-state index in [1.807, 2.05) is 16.8 Å². The monoisotopic (exact) mass is 356 g/mol. The largest absolute Gasteiger partial charge is 0.350 e. The van der Waals surface area contributed by atoms with Crippen molar-refractivity contribution < 1.29 is 0 Å². The molecule has 0 radical (unpaired) electrons. The number of rotatable bonds is 4. The summed E-state index contributed by atoms with van der Waals surface area (Å²) in [6.07, 6.45) is 7.13. The maximum atomic E-state index is 4.73. The molecule has 130 valence electrons. The van der Waals surface area contributed by atoms with E-state index in [9.17, 15) is 0 Å². The van der Waals surface area contributed by atoms with Crippen molar-refractivity contribution in [3.63, 3.8) is 0 Å². The highest BCUT2D eigenvalue weighted by molar-refractivity contribution is 7.09. The van der Waals surface area contributed by atoms with E-state index in [2.05, 4.69) is 36.3 Å². The number of hydrogen-bond acceptors (Lipinski definition) is 8. The summed E-state index contributed by atoms with van der Waals surface area (Å²) in [5.41, 5.74) is 0.847. The van der Waals surface area contributed by atoms with Gasteiger partial charge in [0.1, 0.15) is 11.6 Å². The second-order valence-electron chi connectivity index (χ2n) is 6.60. The van der Waals surface area contributed by atoms with Gasteiger partial charge in [0, 0.05) is 62.4 Å². The molecular weight excluding hydrogens is 336 g/mol. The number of piperazine rings is 1. The van der Waals surface area contributed by atoms with Gasteiger partial charge in [0.15, 0.2) is 5.82 Å². The maximum Gasteiger partial charge on any atom is 0.205 e. The van der Waals surface area contributed by atoms with Gasteiger partial charge in [0.05, 0.1) is 0 Å². The van der Waals surface area contributed by atoms with Crippen LogP contribution in [0.1, 0.15) is 37.3 Å². The third-order valence-corrected chi connectivity index (χ3v) is 5.71. The lowest BCUT2D eigenvalue weighted by Crippen LogP contribution is -2.47. The van der Waals surface area contributed by atoms with Crippen LogP contribution >= 0.6 is 11.5 Å². The van der Waals surface area contributed by atoms with Crippen molar-refractivity contribution >= 4 is 28.1 Å². The van der Waals surface area contributed by atoms with Gasteiger partial charge in [0.2, 0.25) is 10.8 Å². The number of aromatic nitrogens is 6. The third kappa shape index (κ3) is 2.62. The van der Waals surface area contributed by atoms with Crippen molar-refractivity contribution in [3.05, 3.63) is 24.0 Å². The minimum atomic E-state index is 0.619. The summed E-state index contributed by atoms with van der Waals surface area (Å²) >= 11 is 1.53. The Kier molecular flexibility index (Phi) is 3.54. The van der Waals surface area contributed by atoms with Crippen LogP contribution in [0, 0.1) is 0 Å². The molecule has 5 rings (SSSR count). The Morgan fingerprint density at radius 2 is 1.92 bits per heavy atom. The summed E-state index contributed by atoms with van der Waals surface area (Å²) < 4.78 is 6.57. The fourth-order valence-electron chi connectivity index (χ4n) is 3.30. The van der Waals surface area contributed by atoms with E-state index in [1.54, 1.807) is 0 Å². The number of hydrogen-bond donors (Lipinski definition) is 0. The van der Waals surface area contributed by atoms with Crippen LogP contribution in [0.3, 0.4) is 0 Å². The summed E-state index contributed by atoms with van der Waals surface area (Å²) in [5.74, 6) is 3.56. The second kappa shape index (κ2) is 5.91. The lowest BCUT2D eigenvalue weighted by atomic mass is 10.3. The van der Waals surface area contributed by atoms with Gasteiger partial charge in [-0.2, -0.15) is 4.37 Å². The summed E-state index contributed by atoms with van der Waals surface area (Å²) in [6, 6.07) is 0. The van der Waals surface area contributed by atoms with E-state index in [0.717, 1.165) is 60.8 Å². The topological polar surface area (TPSA) is 75.3 Å². The van der Waals surface area contributed by atoms with Crippen LogP contribution in [0.5, 0.6) is 0 Å². The Morgan fingerprint density at radius 3 is 2.68 bits per heavy atom. The fraction of sp³-hybridized carbons (Fsp3) is 0.562. The third-order valence-electron chi connectivity index (χ3n) is 4.92. The van der Waals surface area contributed by atoms with Crippen molar-refractivity contribution in [2.45, 2.75) is 32.1 Å². The minimum Gasteiger partial charge on any atom is -0.350 e. The summed E-state index contributed by atoms with van der Waals surface area (Å²) in [7, 11) is 0. The van der Waals surface area contributed by atoms with Gasteiger partial charge in [-0.1, -0.05) is 6.92 Å². The molecule has 8 nitrogen and oxygen atoms in total. The molecule has 0 bridgehead atoms. The zero-order valence-electron chi connectivity index (χ0n) is 14.2. The van der Waals surface area contributed by atoms with Gasteiger partial charge in [-0.3, -0.25) is 4.40 Å². The number of aryl methyl sites for hydroxylation is 1. The van der Waals surface area contributed by atoms with Crippen LogP contribution < -0.4 is 9.80 Å². The molecule has 0 N–H and O–H groups in total. The van der Waals surface area contributed by atoms with Gasteiger partial charge in [-0.05, 0) is 12.8 Å². The Hall–Kier alpha value is -2.29. The molecule has 2 aliphatic rings. The molecule has 1 aliphatic heterocycles. The molecule has 1 saturated carbocycles. The normalized spacial score (nSPS) is 18.3. The SMILES string of the molecule is CCc1nnc2c(N3CCN(c4nc(C5CC5)ns4)CC3)nccn12. The molecule has 3 aromatic heterocycles. The van der Waals surface area contributed by atoms with E-state index >= 15 is 0 Å². The van der Waals surface area contributed by atoms with Gasteiger partial charge < -0.3 is 9.80 Å². The average Bonchev–Trinajstić information content (AvgIpc) is 3.24. The quantitative estimate of drug-likeness (QED) is 0.705. The Bertz CT molecular complexity index is 891. The number of nitrogens with zero attached hydrogens (tertiary/aromatic N) is 8. The first-order chi connectivity index (χ1) is 12.3. The maximum absolute atomic E-state index is 4.73. The first-order valence-corrected chi connectivity index (χ1v) is 9.63. The molecule has 0 atom stereocenters.